The van der Waals surface area contributed by atoms with Gasteiger partial charge >= 0.3 is 59.1 Å². The molecule has 146 valence electrons. The van der Waals surface area contributed by atoms with Gasteiger partial charge in [-0.2, -0.15) is 0 Å². The fourth-order valence-electron chi connectivity index (χ4n) is 2.20. The number of nitrogens with zero attached hydrogens (tertiary/aromatic N) is 4. The predicted molar refractivity (Wildman–Crippen MR) is 87.8 cm³/mol. The number of aromatic hydroxyl groups is 2. The summed E-state index contributed by atoms with van der Waals surface area (Å²) in [6.07, 6.45) is 0. The molecule has 3 rings (SSSR count). The molecule has 0 atom stereocenters. The van der Waals surface area contributed by atoms with Gasteiger partial charge in [0.2, 0.25) is 11.6 Å². The SMILES string of the molecule is O=S(=O)([O-])c1ccc(-c2nnc(-c3ccc(S(=O)(=O)[O-])c(O)c3)nn2)cc1O.[Na+].[Na+]. The molecule has 2 N–H and O–H groups in total. The molecule has 0 saturated heterocycles. The van der Waals surface area contributed by atoms with Crippen LogP contribution in [0.5, 0.6) is 11.5 Å². The molecule has 2 aromatic carbocycles. The molecule has 0 bridgehead atoms. The van der Waals surface area contributed by atoms with Crippen molar-refractivity contribution in [2.75, 3.05) is 0 Å². The van der Waals surface area contributed by atoms with E-state index in [9.17, 15) is 36.2 Å². The first kappa shape index (κ1) is 26.8. The summed E-state index contributed by atoms with van der Waals surface area (Å²) in [5.74, 6) is -1.81. The van der Waals surface area contributed by atoms with E-state index in [0.29, 0.717) is 0 Å². The van der Waals surface area contributed by atoms with Gasteiger partial charge < -0.3 is 19.3 Å². The van der Waals surface area contributed by atoms with E-state index in [-0.39, 0.29) is 81.9 Å². The molecular weight excluding hydrogens is 462 g/mol. The molecule has 0 amide bonds. The zero-order chi connectivity index (χ0) is 20.7. The molecule has 0 unspecified atom stereocenters. The molecule has 0 saturated carbocycles. The van der Waals surface area contributed by atoms with Crippen LogP contribution in [0.15, 0.2) is 46.2 Å². The summed E-state index contributed by atoms with van der Waals surface area (Å²) < 4.78 is 65.8. The topological polar surface area (TPSA) is 206 Å². The Balaban J connectivity index is 0.00000225. The van der Waals surface area contributed by atoms with E-state index in [4.69, 9.17) is 0 Å². The van der Waals surface area contributed by atoms with Gasteiger partial charge in [-0.15, -0.1) is 20.4 Å². The smallest absolute Gasteiger partial charge is 0.744 e. The molecular formula is C14H8N4Na2O8S2. The van der Waals surface area contributed by atoms with Crippen molar-refractivity contribution in [3.8, 4) is 34.3 Å². The quantitative estimate of drug-likeness (QED) is 0.270. The van der Waals surface area contributed by atoms with Gasteiger partial charge in [0.1, 0.15) is 31.7 Å². The molecule has 16 heteroatoms. The monoisotopic (exact) mass is 470 g/mol. The van der Waals surface area contributed by atoms with Crippen LogP contribution >= 0.6 is 0 Å². The van der Waals surface area contributed by atoms with Crippen LogP contribution in [0, 0.1) is 0 Å². The van der Waals surface area contributed by atoms with Crippen molar-refractivity contribution in [3.05, 3.63) is 36.4 Å². The van der Waals surface area contributed by atoms with Crippen LogP contribution in [0.1, 0.15) is 0 Å². The van der Waals surface area contributed by atoms with Gasteiger partial charge in [0.05, 0.1) is 9.79 Å². The van der Waals surface area contributed by atoms with Gasteiger partial charge in [-0.05, 0) is 36.4 Å². The van der Waals surface area contributed by atoms with Crippen molar-refractivity contribution in [1.29, 1.82) is 0 Å². The third-order valence-corrected chi connectivity index (χ3v) is 5.22. The van der Waals surface area contributed by atoms with E-state index in [0.717, 1.165) is 24.3 Å². The first-order valence-corrected chi connectivity index (χ1v) is 9.94. The summed E-state index contributed by atoms with van der Waals surface area (Å²) in [4.78, 5) is -1.62. The molecule has 0 aliphatic rings. The van der Waals surface area contributed by atoms with Gasteiger partial charge in [-0.3, -0.25) is 0 Å². The van der Waals surface area contributed by atoms with Crippen molar-refractivity contribution in [2.45, 2.75) is 9.79 Å². The molecule has 0 aliphatic carbocycles. The zero-order valence-electron chi connectivity index (χ0n) is 15.4. The second-order valence-electron chi connectivity index (χ2n) is 5.32. The van der Waals surface area contributed by atoms with Crippen molar-refractivity contribution in [3.63, 3.8) is 0 Å². The summed E-state index contributed by atoms with van der Waals surface area (Å²) in [7, 11) is -9.71. The predicted octanol–water partition coefficient (Wildman–Crippen LogP) is -6.17. The molecule has 3 aromatic rings. The Morgan fingerprint density at radius 2 is 0.933 bits per heavy atom. The summed E-state index contributed by atoms with van der Waals surface area (Å²) in [5, 5.41) is 34.3. The van der Waals surface area contributed by atoms with Crippen LogP contribution in [0.25, 0.3) is 22.8 Å². The minimum atomic E-state index is -4.85. The van der Waals surface area contributed by atoms with Crippen molar-refractivity contribution in [2.24, 2.45) is 0 Å². The third-order valence-electron chi connectivity index (χ3n) is 3.45. The van der Waals surface area contributed by atoms with Crippen LogP contribution in [0.4, 0.5) is 0 Å². The molecule has 1 aromatic heterocycles. The van der Waals surface area contributed by atoms with Crippen LogP contribution in [-0.2, 0) is 20.2 Å². The number of rotatable bonds is 4. The molecule has 1 heterocycles. The Kier molecular flexibility index (Phi) is 8.90. The summed E-state index contributed by atoms with van der Waals surface area (Å²) >= 11 is 0. The summed E-state index contributed by atoms with van der Waals surface area (Å²) in [5.41, 5.74) is 0.235. The second-order valence-corrected chi connectivity index (χ2v) is 8.02. The fourth-order valence-corrected chi connectivity index (χ4v) is 3.30. The Morgan fingerprint density at radius 3 is 1.17 bits per heavy atom. The maximum Gasteiger partial charge on any atom is 1.00 e. The van der Waals surface area contributed by atoms with Gasteiger partial charge in [-0.25, -0.2) is 16.8 Å². The van der Waals surface area contributed by atoms with Crippen LogP contribution < -0.4 is 59.1 Å². The average Bonchev–Trinajstić information content (AvgIpc) is 2.59. The molecule has 0 spiro atoms. The number of benzene rings is 2. The maximum absolute atomic E-state index is 11.0. The van der Waals surface area contributed by atoms with E-state index in [2.05, 4.69) is 20.4 Å². The van der Waals surface area contributed by atoms with Crippen LogP contribution in [0.3, 0.4) is 0 Å². The van der Waals surface area contributed by atoms with E-state index < -0.39 is 41.5 Å². The van der Waals surface area contributed by atoms with Crippen molar-refractivity contribution < 1.29 is 95.3 Å². The van der Waals surface area contributed by atoms with E-state index >= 15 is 0 Å². The molecule has 0 radical (unpaired) electrons. The molecule has 0 fully saturated rings. The zero-order valence-corrected chi connectivity index (χ0v) is 21.0. The third kappa shape index (κ3) is 5.94. The molecule has 0 aliphatic heterocycles. The molecule has 30 heavy (non-hydrogen) atoms. The van der Waals surface area contributed by atoms with E-state index in [1.807, 2.05) is 0 Å². The van der Waals surface area contributed by atoms with E-state index in [1.165, 1.54) is 12.1 Å². The standard InChI is InChI=1S/C14H10N4O8S2.2Na/c19-9-5-7(1-3-11(9)27(21,22)23)13-15-17-14(18-16-13)8-2-4-12(10(20)6-8)28(24,25)26;;/h1-6,19-20H,(H,21,22,23)(H,24,25,26);;/q;2*+1/p-2. The number of hydrogen-bond donors (Lipinski definition) is 2. The maximum atomic E-state index is 11.0. The van der Waals surface area contributed by atoms with Gasteiger partial charge in [0.25, 0.3) is 0 Å². The first-order valence-electron chi connectivity index (χ1n) is 7.13. The van der Waals surface area contributed by atoms with Crippen molar-refractivity contribution >= 4 is 20.2 Å². The average molecular weight is 470 g/mol. The summed E-state index contributed by atoms with van der Waals surface area (Å²) in [6.45, 7) is 0. The van der Waals surface area contributed by atoms with Gasteiger partial charge in [0, 0.05) is 11.1 Å². The Labute approximate surface area is 214 Å². The minimum absolute atomic E-state index is 0. The first-order chi connectivity index (χ1) is 13.0. The Hall–Kier alpha value is -1.20. The minimum Gasteiger partial charge on any atom is -0.744 e. The molecule has 12 nitrogen and oxygen atoms in total. The van der Waals surface area contributed by atoms with Crippen molar-refractivity contribution in [1.82, 2.24) is 20.4 Å². The normalized spacial score (nSPS) is 11.3. The van der Waals surface area contributed by atoms with Gasteiger partial charge in [-0.1, -0.05) is 0 Å². The number of aromatic nitrogens is 4. The number of phenolic OH excluding ortho intramolecular Hbond substituents is 2. The Morgan fingerprint density at radius 1 is 0.633 bits per heavy atom. The van der Waals surface area contributed by atoms with E-state index in [1.54, 1.807) is 0 Å². The van der Waals surface area contributed by atoms with Crippen LogP contribution in [0.2, 0.25) is 0 Å². The van der Waals surface area contributed by atoms with Gasteiger partial charge in [0.15, 0.2) is 0 Å². The number of hydrogen-bond acceptors (Lipinski definition) is 12. The number of phenols is 2. The fraction of sp³-hybridized carbons (Fsp3) is 0. The Bertz CT molecular complexity index is 1190. The second kappa shape index (κ2) is 9.95. The largest absolute Gasteiger partial charge is 1.00 e. The summed E-state index contributed by atoms with van der Waals surface area (Å²) in [6, 6.07) is 5.99. The van der Waals surface area contributed by atoms with Crippen LogP contribution in [-0.4, -0.2) is 56.5 Å².